The number of hydrogen-bond acceptors (Lipinski definition) is 3. The second-order valence-electron chi connectivity index (χ2n) is 7.01. The predicted molar refractivity (Wildman–Crippen MR) is 120 cm³/mol. The number of hydrogen-bond donors (Lipinski definition) is 0. The van der Waals surface area contributed by atoms with E-state index in [4.69, 9.17) is 4.74 Å². The van der Waals surface area contributed by atoms with Crippen LogP contribution in [0.1, 0.15) is 27.9 Å². The zero-order chi connectivity index (χ0) is 20.5. The highest BCUT2D eigenvalue weighted by Gasteiger charge is 2.28. The van der Waals surface area contributed by atoms with E-state index in [1.54, 1.807) is 6.07 Å². The van der Waals surface area contributed by atoms with Crippen LogP contribution >= 0.6 is 27.7 Å². The maximum Gasteiger partial charge on any atom is 0.339 e. The number of thioether (sulfide) groups is 1. The lowest BCUT2D eigenvalue weighted by Gasteiger charge is -2.21. The second kappa shape index (κ2) is 8.33. The van der Waals surface area contributed by atoms with Gasteiger partial charge >= 0.3 is 5.97 Å². The molecule has 3 aromatic rings. The van der Waals surface area contributed by atoms with Gasteiger partial charge in [0.2, 0.25) is 0 Å². The summed E-state index contributed by atoms with van der Waals surface area (Å²) in [5.41, 5.74) is 6.45. The monoisotopic (exact) mass is 470 g/mol. The highest BCUT2D eigenvalue weighted by atomic mass is 79.9. The average molecular weight is 471 g/mol. The van der Waals surface area contributed by atoms with Crippen LogP contribution in [0.15, 0.2) is 57.9 Å². The summed E-state index contributed by atoms with van der Waals surface area (Å²) in [5, 5.41) is 0. The third-order valence-electron chi connectivity index (χ3n) is 5.38. The van der Waals surface area contributed by atoms with Crippen molar-refractivity contribution in [1.82, 2.24) is 0 Å². The molecule has 5 heteroatoms. The molecule has 0 aromatic heterocycles. The van der Waals surface area contributed by atoms with Crippen LogP contribution < -0.4 is 0 Å². The van der Waals surface area contributed by atoms with Crippen molar-refractivity contribution in [2.75, 3.05) is 13.4 Å². The number of ether oxygens (including phenoxy) is 1. The summed E-state index contributed by atoms with van der Waals surface area (Å²) in [5.74, 6) is -0.683. The van der Waals surface area contributed by atoms with Gasteiger partial charge in [0.25, 0.3) is 0 Å². The van der Waals surface area contributed by atoms with E-state index in [-0.39, 0.29) is 11.8 Å². The summed E-state index contributed by atoms with van der Waals surface area (Å²) in [4.78, 5) is 13.7. The molecule has 0 saturated heterocycles. The van der Waals surface area contributed by atoms with Crippen LogP contribution in [-0.4, -0.2) is 19.3 Å². The van der Waals surface area contributed by atoms with E-state index in [9.17, 15) is 9.18 Å². The molecule has 0 radical (unpaired) electrons. The van der Waals surface area contributed by atoms with Crippen molar-refractivity contribution < 1.29 is 13.9 Å². The summed E-state index contributed by atoms with van der Waals surface area (Å²) in [7, 11) is 1.39. The zero-order valence-corrected chi connectivity index (χ0v) is 18.6. The van der Waals surface area contributed by atoms with Crippen LogP contribution in [0.2, 0.25) is 0 Å². The number of rotatable bonds is 3. The summed E-state index contributed by atoms with van der Waals surface area (Å²) >= 11 is 5.00. The molecule has 0 spiro atoms. The molecule has 0 N–H and O–H groups in total. The van der Waals surface area contributed by atoms with Gasteiger partial charge in [-0.1, -0.05) is 34.1 Å². The Bertz CT molecular complexity index is 1090. The molecule has 0 aliphatic heterocycles. The first-order chi connectivity index (χ1) is 14.0. The van der Waals surface area contributed by atoms with Crippen LogP contribution in [-0.2, 0) is 17.6 Å². The smallest absolute Gasteiger partial charge is 0.339 e. The summed E-state index contributed by atoms with van der Waals surface area (Å²) in [6, 6.07) is 15.1. The van der Waals surface area contributed by atoms with Gasteiger partial charge < -0.3 is 4.74 Å². The van der Waals surface area contributed by atoms with Gasteiger partial charge in [0, 0.05) is 14.9 Å². The quantitative estimate of drug-likeness (QED) is 0.307. The van der Waals surface area contributed by atoms with Crippen molar-refractivity contribution in [2.45, 2.75) is 24.2 Å². The van der Waals surface area contributed by atoms with Crippen molar-refractivity contribution >= 4 is 33.7 Å². The number of fused-ring (bicyclic) bond motifs is 3. The summed E-state index contributed by atoms with van der Waals surface area (Å²) in [6.07, 6.45) is 4.55. The highest BCUT2D eigenvalue weighted by molar-refractivity contribution is 9.10. The third kappa shape index (κ3) is 3.74. The Labute approximate surface area is 182 Å². The molecule has 0 unspecified atom stereocenters. The molecule has 0 heterocycles. The van der Waals surface area contributed by atoms with Crippen molar-refractivity contribution in [1.29, 1.82) is 0 Å². The Morgan fingerprint density at radius 3 is 2.52 bits per heavy atom. The molecule has 0 amide bonds. The number of halogens is 2. The molecule has 1 aliphatic carbocycles. The SMILES string of the molecule is COC(=O)c1c(SC)cc(-c2ccc(Br)cc2)c2c1-c1cc(F)ccc1CCC2. The van der Waals surface area contributed by atoms with Gasteiger partial charge in [-0.05, 0) is 83.7 Å². The zero-order valence-electron chi connectivity index (χ0n) is 16.2. The van der Waals surface area contributed by atoms with E-state index in [0.717, 1.165) is 62.0 Å². The highest BCUT2D eigenvalue weighted by Crippen LogP contribution is 2.44. The topological polar surface area (TPSA) is 26.3 Å². The normalized spacial score (nSPS) is 12.7. The predicted octanol–water partition coefficient (Wildman–Crippen LogP) is 6.92. The molecule has 4 rings (SSSR count). The van der Waals surface area contributed by atoms with Crippen LogP contribution in [0.5, 0.6) is 0 Å². The van der Waals surface area contributed by atoms with E-state index < -0.39 is 0 Å². The molecule has 2 nitrogen and oxygen atoms in total. The fourth-order valence-corrected chi connectivity index (χ4v) is 4.95. The third-order valence-corrected chi connectivity index (χ3v) is 6.67. The molecule has 0 saturated carbocycles. The number of methoxy groups -OCH3 is 1. The van der Waals surface area contributed by atoms with Crippen LogP contribution in [0.25, 0.3) is 22.3 Å². The molecule has 29 heavy (non-hydrogen) atoms. The molecule has 0 fully saturated rings. The first-order valence-electron chi connectivity index (χ1n) is 9.40. The van der Waals surface area contributed by atoms with Gasteiger partial charge in [-0.2, -0.15) is 0 Å². The molecule has 148 valence electrons. The van der Waals surface area contributed by atoms with E-state index >= 15 is 0 Å². The number of esters is 1. The van der Waals surface area contributed by atoms with Gasteiger partial charge in [-0.3, -0.25) is 0 Å². The van der Waals surface area contributed by atoms with Gasteiger partial charge in [0.15, 0.2) is 0 Å². The van der Waals surface area contributed by atoms with Crippen LogP contribution in [0, 0.1) is 5.82 Å². The maximum absolute atomic E-state index is 14.3. The Morgan fingerprint density at radius 1 is 1.07 bits per heavy atom. The number of carbonyl (C=O) groups excluding carboxylic acids is 1. The van der Waals surface area contributed by atoms with Crippen LogP contribution in [0.4, 0.5) is 4.39 Å². The molecular weight excluding hydrogens is 451 g/mol. The second-order valence-corrected chi connectivity index (χ2v) is 8.77. The first-order valence-corrected chi connectivity index (χ1v) is 11.4. The fraction of sp³-hybridized carbons (Fsp3) is 0.208. The Hall–Kier alpha value is -2.11. The summed E-state index contributed by atoms with van der Waals surface area (Å²) in [6.45, 7) is 0. The standard InChI is InChI=1S/C24H20BrFO2S/c1-28-24(27)23-21(29-2)13-19(15-6-9-16(25)10-7-15)18-5-3-4-14-8-11-17(26)12-20(14)22(18)23/h6-13H,3-5H2,1-2H3. The van der Waals surface area contributed by atoms with Gasteiger partial charge in [-0.25, -0.2) is 9.18 Å². The lowest BCUT2D eigenvalue weighted by molar-refractivity contribution is 0.0597. The number of aryl methyl sites for hydroxylation is 1. The van der Waals surface area contributed by atoms with Crippen LogP contribution in [0.3, 0.4) is 0 Å². The Balaban J connectivity index is 2.12. The minimum atomic E-state index is -0.384. The molecule has 3 aromatic carbocycles. The minimum Gasteiger partial charge on any atom is -0.465 e. The average Bonchev–Trinajstić information content (AvgIpc) is 2.92. The first kappa shape index (κ1) is 20.2. The molecule has 0 atom stereocenters. The molecule has 0 bridgehead atoms. The largest absolute Gasteiger partial charge is 0.465 e. The van der Waals surface area contributed by atoms with Gasteiger partial charge in [-0.15, -0.1) is 11.8 Å². The summed E-state index contributed by atoms with van der Waals surface area (Å²) < 4.78 is 20.4. The molecule has 1 aliphatic rings. The lowest BCUT2D eigenvalue weighted by atomic mass is 9.86. The minimum absolute atomic E-state index is 0.299. The van der Waals surface area contributed by atoms with E-state index in [0.29, 0.717) is 5.56 Å². The lowest BCUT2D eigenvalue weighted by Crippen LogP contribution is -2.09. The van der Waals surface area contributed by atoms with E-state index in [1.807, 2.05) is 24.5 Å². The molecular formula is C24H20BrFO2S. The fourth-order valence-electron chi connectivity index (χ4n) is 4.06. The van der Waals surface area contributed by atoms with Gasteiger partial charge in [0.05, 0.1) is 12.7 Å². The Kier molecular flexibility index (Phi) is 5.79. The number of benzene rings is 3. The maximum atomic E-state index is 14.3. The van der Waals surface area contributed by atoms with Crippen molar-refractivity contribution in [3.63, 3.8) is 0 Å². The van der Waals surface area contributed by atoms with Crippen molar-refractivity contribution in [2.24, 2.45) is 0 Å². The van der Waals surface area contributed by atoms with Crippen molar-refractivity contribution in [3.8, 4) is 22.3 Å². The van der Waals surface area contributed by atoms with Crippen molar-refractivity contribution in [3.05, 3.63) is 75.5 Å². The Morgan fingerprint density at radius 2 is 1.83 bits per heavy atom. The van der Waals surface area contributed by atoms with E-state index in [1.165, 1.54) is 24.9 Å². The van der Waals surface area contributed by atoms with E-state index in [2.05, 4.69) is 34.1 Å². The number of carbonyl (C=O) groups is 1. The van der Waals surface area contributed by atoms with Gasteiger partial charge in [0.1, 0.15) is 5.82 Å².